The highest BCUT2D eigenvalue weighted by Crippen LogP contribution is 2.44. The van der Waals surface area contributed by atoms with Crippen molar-refractivity contribution >= 4 is 16.7 Å². The highest BCUT2D eigenvalue weighted by Gasteiger charge is 2.45. The molecule has 4 nitrogen and oxygen atoms in total. The van der Waals surface area contributed by atoms with Crippen molar-refractivity contribution in [1.82, 2.24) is 5.32 Å². The lowest BCUT2D eigenvalue weighted by molar-refractivity contribution is -0.133. The second-order valence-corrected chi connectivity index (χ2v) is 8.73. The van der Waals surface area contributed by atoms with Crippen LogP contribution >= 0.6 is 0 Å². The SMILES string of the molecule is CC1C(N)CCC(C(=O)NC2CCS(=O)CC2)C1(C)C. The second-order valence-electron chi connectivity index (χ2n) is 7.03. The van der Waals surface area contributed by atoms with Gasteiger partial charge < -0.3 is 11.1 Å². The largest absolute Gasteiger partial charge is 0.353 e. The maximum atomic E-state index is 12.6. The average Bonchev–Trinajstić information content (AvgIpc) is 2.38. The van der Waals surface area contributed by atoms with E-state index < -0.39 is 10.8 Å². The third-order valence-corrected chi connectivity index (χ3v) is 6.94. The molecular weight excluding hydrogens is 272 g/mol. The minimum atomic E-state index is -0.674. The van der Waals surface area contributed by atoms with Gasteiger partial charge in [0.05, 0.1) is 0 Å². The molecular formula is C15H28N2O2S. The topological polar surface area (TPSA) is 72.2 Å². The summed E-state index contributed by atoms with van der Waals surface area (Å²) in [6.07, 6.45) is 3.50. The maximum Gasteiger partial charge on any atom is 0.223 e. The average molecular weight is 300 g/mol. The van der Waals surface area contributed by atoms with Crippen LogP contribution in [0.25, 0.3) is 0 Å². The second kappa shape index (κ2) is 6.14. The molecule has 1 aliphatic heterocycles. The fourth-order valence-electron chi connectivity index (χ4n) is 3.56. The summed E-state index contributed by atoms with van der Waals surface area (Å²) >= 11 is 0. The minimum absolute atomic E-state index is 0.0460. The molecule has 0 bridgehead atoms. The zero-order valence-corrected chi connectivity index (χ0v) is 13.7. The molecule has 2 fully saturated rings. The monoisotopic (exact) mass is 300 g/mol. The highest BCUT2D eigenvalue weighted by molar-refractivity contribution is 7.85. The van der Waals surface area contributed by atoms with Gasteiger partial charge in [0.1, 0.15) is 0 Å². The summed E-state index contributed by atoms with van der Waals surface area (Å²) in [6, 6.07) is 0.410. The Morgan fingerprint density at radius 3 is 2.40 bits per heavy atom. The molecule has 0 radical (unpaired) electrons. The van der Waals surface area contributed by atoms with Crippen molar-refractivity contribution in [2.75, 3.05) is 11.5 Å². The predicted octanol–water partition coefficient (Wildman–Crippen LogP) is 1.41. The first-order valence-corrected chi connectivity index (χ1v) is 9.22. The van der Waals surface area contributed by atoms with Crippen LogP contribution in [0.1, 0.15) is 46.5 Å². The molecule has 3 atom stereocenters. The Kier molecular flexibility index (Phi) is 4.90. The van der Waals surface area contributed by atoms with Gasteiger partial charge in [0.15, 0.2) is 0 Å². The molecule has 20 heavy (non-hydrogen) atoms. The van der Waals surface area contributed by atoms with E-state index in [1.807, 2.05) is 0 Å². The summed E-state index contributed by atoms with van der Waals surface area (Å²) < 4.78 is 11.4. The number of hydrogen-bond acceptors (Lipinski definition) is 3. The van der Waals surface area contributed by atoms with Crippen molar-refractivity contribution in [2.45, 2.75) is 58.5 Å². The van der Waals surface area contributed by atoms with Crippen LogP contribution in [0.4, 0.5) is 0 Å². The summed E-state index contributed by atoms with van der Waals surface area (Å²) in [7, 11) is -0.674. The normalized spacial score (nSPS) is 41.1. The summed E-state index contributed by atoms with van der Waals surface area (Å²) in [6.45, 7) is 6.49. The van der Waals surface area contributed by atoms with Crippen molar-refractivity contribution in [2.24, 2.45) is 23.0 Å². The van der Waals surface area contributed by atoms with Gasteiger partial charge in [-0.1, -0.05) is 20.8 Å². The van der Waals surface area contributed by atoms with E-state index in [9.17, 15) is 9.00 Å². The van der Waals surface area contributed by atoms with E-state index in [4.69, 9.17) is 5.73 Å². The smallest absolute Gasteiger partial charge is 0.223 e. The zero-order chi connectivity index (χ0) is 14.9. The number of nitrogens with one attached hydrogen (secondary N) is 1. The Labute approximate surface area is 124 Å². The molecule has 0 spiro atoms. The zero-order valence-electron chi connectivity index (χ0n) is 12.9. The Bertz CT molecular complexity index is 387. The number of nitrogens with two attached hydrogens (primary N) is 1. The summed E-state index contributed by atoms with van der Waals surface area (Å²) in [5.41, 5.74) is 6.09. The maximum absolute atomic E-state index is 12.6. The van der Waals surface area contributed by atoms with Crippen molar-refractivity contribution < 1.29 is 9.00 Å². The number of rotatable bonds is 2. The lowest BCUT2D eigenvalue weighted by Gasteiger charge is -2.46. The molecule has 1 saturated carbocycles. The van der Waals surface area contributed by atoms with Crippen LogP contribution in [0.5, 0.6) is 0 Å². The molecule has 3 unspecified atom stereocenters. The van der Waals surface area contributed by atoms with E-state index in [2.05, 4.69) is 26.1 Å². The van der Waals surface area contributed by atoms with Gasteiger partial charge in [0, 0.05) is 40.3 Å². The molecule has 2 aliphatic rings. The van der Waals surface area contributed by atoms with Crippen LogP contribution < -0.4 is 11.1 Å². The third-order valence-electron chi connectivity index (χ3n) is 5.55. The van der Waals surface area contributed by atoms with Gasteiger partial charge in [-0.2, -0.15) is 0 Å². The number of hydrogen-bond donors (Lipinski definition) is 2. The van der Waals surface area contributed by atoms with Crippen LogP contribution in [-0.2, 0) is 15.6 Å². The van der Waals surface area contributed by atoms with E-state index >= 15 is 0 Å². The quantitative estimate of drug-likeness (QED) is 0.810. The molecule has 0 aromatic heterocycles. The van der Waals surface area contributed by atoms with Crippen LogP contribution in [-0.4, -0.2) is 33.7 Å². The van der Waals surface area contributed by atoms with Crippen LogP contribution in [0.2, 0.25) is 0 Å². The Balaban J connectivity index is 1.96. The highest BCUT2D eigenvalue weighted by atomic mass is 32.2. The number of carbonyl (C=O) groups excluding carboxylic acids is 1. The number of amides is 1. The Morgan fingerprint density at radius 2 is 1.80 bits per heavy atom. The van der Waals surface area contributed by atoms with Gasteiger partial charge in [-0.05, 0) is 37.0 Å². The van der Waals surface area contributed by atoms with E-state index in [0.717, 1.165) is 37.2 Å². The molecule has 1 saturated heterocycles. The first kappa shape index (κ1) is 16.0. The van der Waals surface area contributed by atoms with Gasteiger partial charge in [0.2, 0.25) is 5.91 Å². The van der Waals surface area contributed by atoms with E-state index in [1.54, 1.807) is 0 Å². The Morgan fingerprint density at radius 1 is 1.20 bits per heavy atom. The van der Waals surface area contributed by atoms with Crippen molar-refractivity contribution in [1.29, 1.82) is 0 Å². The van der Waals surface area contributed by atoms with Gasteiger partial charge in [-0.25, -0.2) is 0 Å². The molecule has 3 N–H and O–H groups in total. The van der Waals surface area contributed by atoms with Crippen molar-refractivity contribution in [3.8, 4) is 0 Å². The molecule has 1 heterocycles. The first-order valence-electron chi connectivity index (χ1n) is 7.73. The predicted molar refractivity (Wildman–Crippen MR) is 82.7 cm³/mol. The van der Waals surface area contributed by atoms with Gasteiger partial charge in [-0.3, -0.25) is 9.00 Å². The molecule has 0 aromatic rings. The van der Waals surface area contributed by atoms with Crippen LogP contribution in [0.15, 0.2) is 0 Å². The first-order chi connectivity index (χ1) is 9.32. The summed E-state index contributed by atoms with van der Waals surface area (Å²) in [5.74, 6) is 2.02. The summed E-state index contributed by atoms with van der Waals surface area (Å²) in [5, 5.41) is 3.19. The van der Waals surface area contributed by atoms with E-state index in [1.165, 1.54) is 0 Å². The van der Waals surface area contributed by atoms with Crippen molar-refractivity contribution in [3.63, 3.8) is 0 Å². The van der Waals surface area contributed by atoms with E-state index in [-0.39, 0.29) is 29.3 Å². The molecule has 5 heteroatoms. The van der Waals surface area contributed by atoms with Crippen LogP contribution in [0.3, 0.4) is 0 Å². The number of carbonyl (C=O) groups is 1. The van der Waals surface area contributed by atoms with Gasteiger partial charge in [-0.15, -0.1) is 0 Å². The molecule has 1 aliphatic carbocycles. The van der Waals surface area contributed by atoms with Crippen molar-refractivity contribution in [3.05, 3.63) is 0 Å². The van der Waals surface area contributed by atoms with Crippen LogP contribution in [0, 0.1) is 17.3 Å². The molecule has 2 rings (SSSR count). The minimum Gasteiger partial charge on any atom is -0.353 e. The Hall–Kier alpha value is -0.420. The fourth-order valence-corrected chi connectivity index (χ4v) is 4.86. The lowest BCUT2D eigenvalue weighted by atomic mass is 9.61. The third kappa shape index (κ3) is 3.25. The standard InChI is InChI=1S/C15H28N2O2S/c1-10-13(16)5-4-12(15(10,2)3)14(18)17-11-6-8-20(19)9-7-11/h10-13H,4-9,16H2,1-3H3,(H,17,18). The lowest BCUT2D eigenvalue weighted by Crippen LogP contribution is -2.53. The molecule has 116 valence electrons. The summed E-state index contributed by atoms with van der Waals surface area (Å²) in [4.78, 5) is 12.6. The fraction of sp³-hybridized carbons (Fsp3) is 0.933. The molecule has 0 aromatic carbocycles. The van der Waals surface area contributed by atoms with Gasteiger partial charge >= 0.3 is 0 Å². The van der Waals surface area contributed by atoms with E-state index in [0.29, 0.717) is 5.92 Å². The van der Waals surface area contributed by atoms with Gasteiger partial charge in [0.25, 0.3) is 0 Å². The molecule has 1 amide bonds.